The van der Waals surface area contributed by atoms with Crippen molar-refractivity contribution in [1.82, 2.24) is 19.5 Å². The van der Waals surface area contributed by atoms with Gasteiger partial charge in [-0.2, -0.15) is 0 Å². The predicted octanol–water partition coefficient (Wildman–Crippen LogP) is 2.62. The minimum Gasteiger partial charge on any atom is -0.320 e. The summed E-state index contributed by atoms with van der Waals surface area (Å²) in [5.41, 5.74) is 2.66. The zero-order valence-corrected chi connectivity index (χ0v) is 12.5. The molecule has 2 heterocycles. The molecular formula is C17H15N5O. The third-order valence-corrected chi connectivity index (χ3v) is 3.24. The number of nitrogens with zero attached hydrogens (tertiary/aromatic N) is 4. The molecule has 0 radical (unpaired) electrons. The standard InChI is InChI=1S/C17H15N5O/c1-13-4-2-3-5-14(13)6-7-16(23)21-15-10-19-17(20-11-15)22-9-8-18-12-22/h2-12H,1H3,(H,21,23)/b7-6+. The second kappa shape index (κ2) is 6.65. The Hall–Kier alpha value is -3.28. The SMILES string of the molecule is Cc1ccccc1/C=C/C(=O)Nc1cnc(-n2ccnc2)nc1. The highest BCUT2D eigenvalue weighted by molar-refractivity contribution is 6.01. The van der Waals surface area contributed by atoms with E-state index in [2.05, 4.69) is 20.3 Å². The van der Waals surface area contributed by atoms with Crippen LogP contribution in [0.1, 0.15) is 11.1 Å². The highest BCUT2D eigenvalue weighted by Crippen LogP contribution is 2.10. The molecule has 0 spiro atoms. The topological polar surface area (TPSA) is 72.7 Å². The zero-order chi connectivity index (χ0) is 16.1. The van der Waals surface area contributed by atoms with Crippen molar-refractivity contribution in [3.8, 4) is 5.95 Å². The molecule has 2 aromatic heterocycles. The highest BCUT2D eigenvalue weighted by atomic mass is 16.1. The first-order valence-corrected chi connectivity index (χ1v) is 7.07. The molecule has 0 atom stereocenters. The van der Waals surface area contributed by atoms with Gasteiger partial charge in [0.25, 0.3) is 0 Å². The molecule has 0 bridgehead atoms. The van der Waals surface area contributed by atoms with Crippen molar-refractivity contribution >= 4 is 17.7 Å². The largest absolute Gasteiger partial charge is 0.320 e. The quantitative estimate of drug-likeness (QED) is 0.752. The number of hydrogen-bond donors (Lipinski definition) is 1. The molecule has 0 aliphatic heterocycles. The molecule has 0 saturated heterocycles. The monoisotopic (exact) mass is 305 g/mol. The maximum absolute atomic E-state index is 11.9. The fourth-order valence-corrected chi connectivity index (χ4v) is 2.02. The maximum Gasteiger partial charge on any atom is 0.248 e. The van der Waals surface area contributed by atoms with Crippen LogP contribution in [0.25, 0.3) is 12.0 Å². The fourth-order valence-electron chi connectivity index (χ4n) is 2.02. The Kier molecular flexibility index (Phi) is 4.24. The first kappa shape index (κ1) is 14.6. The van der Waals surface area contributed by atoms with E-state index in [9.17, 15) is 4.79 Å². The van der Waals surface area contributed by atoms with Crippen LogP contribution in [0, 0.1) is 6.92 Å². The van der Waals surface area contributed by atoms with Crippen LogP contribution in [0.5, 0.6) is 0 Å². The summed E-state index contributed by atoms with van der Waals surface area (Å²) in [5, 5.41) is 2.73. The van der Waals surface area contributed by atoms with Gasteiger partial charge < -0.3 is 5.32 Å². The van der Waals surface area contributed by atoms with Gasteiger partial charge in [0.1, 0.15) is 6.33 Å². The van der Waals surface area contributed by atoms with Crippen molar-refractivity contribution in [3.05, 3.63) is 72.6 Å². The molecule has 23 heavy (non-hydrogen) atoms. The molecule has 6 heteroatoms. The first-order valence-electron chi connectivity index (χ1n) is 7.07. The van der Waals surface area contributed by atoms with Crippen LogP contribution in [0.15, 0.2) is 61.5 Å². The van der Waals surface area contributed by atoms with Crippen LogP contribution < -0.4 is 5.32 Å². The number of hydrogen-bond acceptors (Lipinski definition) is 4. The lowest BCUT2D eigenvalue weighted by Crippen LogP contribution is -2.09. The number of anilines is 1. The van der Waals surface area contributed by atoms with Crippen LogP contribution in [-0.2, 0) is 4.79 Å². The molecule has 0 unspecified atom stereocenters. The molecule has 0 aliphatic carbocycles. The number of nitrogens with one attached hydrogen (secondary N) is 1. The Morgan fingerprint density at radius 3 is 2.70 bits per heavy atom. The second-order valence-electron chi connectivity index (χ2n) is 4.92. The van der Waals surface area contributed by atoms with E-state index >= 15 is 0 Å². The van der Waals surface area contributed by atoms with Crippen LogP contribution in [0.4, 0.5) is 5.69 Å². The predicted molar refractivity (Wildman–Crippen MR) is 88.0 cm³/mol. The van der Waals surface area contributed by atoms with Gasteiger partial charge in [-0.25, -0.2) is 15.0 Å². The smallest absolute Gasteiger partial charge is 0.248 e. The lowest BCUT2D eigenvalue weighted by Gasteiger charge is -2.03. The van der Waals surface area contributed by atoms with Gasteiger partial charge in [-0.1, -0.05) is 24.3 Å². The minimum absolute atomic E-state index is 0.229. The summed E-state index contributed by atoms with van der Waals surface area (Å²) >= 11 is 0. The van der Waals surface area contributed by atoms with E-state index in [0.29, 0.717) is 11.6 Å². The van der Waals surface area contributed by atoms with E-state index < -0.39 is 0 Å². The fraction of sp³-hybridized carbons (Fsp3) is 0.0588. The van der Waals surface area contributed by atoms with Crippen molar-refractivity contribution in [2.24, 2.45) is 0 Å². The number of rotatable bonds is 4. The number of imidazole rings is 1. The van der Waals surface area contributed by atoms with E-state index in [1.165, 1.54) is 6.08 Å². The lowest BCUT2D eigenvalue weighted by atomic mass is 10.1. The summed E-state index contributed by atoms with van der Waals surface area (Å²) in [5.74, 6) is 0.267. The van der Waals surface area contributed by atoms with Gasteiger partial charge in [-0.3, -0.25) is 9.36 Å². The van der Waals surface area contributed by atoms with E-state index in [4.69, 9.17) is 0 Å². The van der Waals surface area contributed by atoms with Crippen molar-refractivity contribution in [2.75, 3.05) is 5.32 Å². The van der Waals surface area contributed by atoms with E-state index in [1.54, 1.807) is 41.8 Å². The third-order valence-electron chi connectivity index (χ3n) is 3.24. The Morgan fingerprint density at radius 1 is 1.22 bits per heavy atom. The number of amides is 1. The molecule has 0 aliphatic rings. The Morgan fingerprint density at radius 2 is 2.00 bits per heavy atom. The van der Waals surface area contributed by atoms with Crippen molar-refractivity contribution in [3.63, 3.8) is 0 Å². The average molecular weight is 305 g/mol. The summed E-state index contributed by atoms with van der Waals surface area (Å²) in [6.07, 6.45) is 11.4. The molecule has 1 N–H and O–H groups in total. The molecule has 114 valence electrons. The maximum atomic E-state index is 11.9. The number of benzene rings is 1. The van der Waals surface area contributed by atoms with Crippen LogP contribution in [0.3, 0.4) is 0 Å². The van der Waals surface area contributed by atoms with E-state index in [0.717, 1.165) is 11.1 Å². The van der Waals surface area contributed by atoms with Crippen molar-refractivity contribution in [1.29, 1.82) is 0 Å². The number of aromatic nitrogens is 4. The second-order valence-corrected chi connectivity index (χ2v) is 4.92. The summed E-state index contributed by atoms with van der Waals surface area (Å²) < 4.78 is 1.68. The van der Waals surface area contributed by atoms with Gasteiger partial charge in [0.05, 0.1) is 18.1 Å². The number of carbonyl (C=O) groups is 1. The van der Waals surface area contributed by atoms with Crippen LogP contribution >= 0.6 is 0 Å². The van der Waals surface area contributed by atoms with Gasteiger partial charge in [-0.15, -0.1) is 0 Å². The summed E-state index contributed by atoms with van der Waals surface area (Å²) in [7, 11) is 0. The Labute approximate surface area is 133 Å². The molecule has 0 fully saturated rings. The van der Waals surface area contributed by atoms with Gasteiger partial charge in [0.15, 0.2) is 0 Å². The molecule has 0 saturated carbocycles. The van der Waals surface area contributed by atoms with E-state index in [1.807, 2.05) is 31.2 Å². The number of aryl methyl sites for hydroxylation is 1. The number of carbonyl (C=O) groups excluding carboxylic acids is 1. The molecule has 1 aromatic carbocycles. The molecule has 1 amide bonds. The van der Waals surface area contributed by atoms with E-state index in [-0.39, 0.29) is 5.91 Å². The summed E-state index contributed by atoms with van der Waals surface area (Å²) in [6.45, 7) is 2.00. The van der Waals surface area contributed by atoms with Crippen molar-refractivity contribution in [2.45, 2.75) is 6.92 Å². The minimum atomic E-state index is -0.229. The summed E-state index contributed by atoms with van der Waals surface area (Å²) in [6, 6.07) is 7.86. The Bertz CT molecular complexity index is 822. The average Bonchev–Trinajstić information content (AvgIpc) is 3.09. The molecule has 3 aromatic rings. The van der Waals surface area contributed by atoms with Crippen LogP contribution in [0.2, 0.25) is 0 Å². The molecule has 6 nitrogen and oxygen atoms in total. The van der Waals surface area contributed by atoms with Crippen LogP contribution in [-0.4, -0.2) is 25.4 Å². The zero-order valence-electron chi connectivity index (χ0n) is 12.5. The van der Waals surface area contributed by atoms with Crippen molar-refractivity contribution < 1.29 is 4.79 Å². The normalized spacial score (nSPS) is 10.8. The highest BCUT2D eigenvalue weighted by Gasteiger charge is 2.02. The third kappa shape index (κ3) is 3.68. The van der Waals surface area contributed by atoms with Gasteiger partial charge >= 0.3 is 0 Å². The first-order chi connectivity index (χ1) is 11.2. The van der Waals surface area contributed by atoms with Gasteiger partial charge in [-0.05, 0) is 24.1 Å². The van der Waals surface area contributed by atoms with Gasteiger partial charge in [0, 0.05) is 18.5 Å². The molecular weight excluding hydrogens is 290 g/mol. The summed E-state index contributed by atoms with van der Waals surface area (Å²) in [4.78, 5) is 24.2. The lowest BCUT2D eigenvalue weighted by molar-refractivity contribution is -0.111. The van der Waals surface area contributed by atoms with Gasteiger partial charge in [0.2, 0.25) is 11.9 Å². The molecule has 3 rings (SSSR count). The Balaban J connectivity index is 1.65.